The van der Waals surface area contributed by atoms with Gasteiger partial charge in [-0.15, -0.1) is 0 Å². The van der Waals surface area contributed by atoms with Crippen LogP contribution in [0.15, 0.2) is 24.3 Å². The fraction of sp³-hybridized carbons (Fsp3) is 0.462. The number of nitrogens with zero attached hydrogens (tertiary/aromatic N) is 1. The van der Waals surface area contributed by atoms with Gasteiger partial charge in [0.25, 0.3) is 0 Å². The van der Waals surface area contributed by atoms with Gasteiger partial charge in [-0.2, -0.15) is 0 Å². The van der Waals surface area contributed by atoms with E-state index in [1.807, 2.05) is 38.1 Å². The molecule has 0 bridgehead atoms. The molecule has 0 spiro atoms. The Hall–Kier alpha value is -1.35. The molecule has 1 aromatic rings. The molecule has 1 unspecified atom stereocenters. The van der Waals surface area contributed by atoms with Crippen LogP contribution in [0.4, 0.5) is 0 Å². The number of aryl methyl sites for hydroxylation is 1. The Morgan fingerprint density at radius 3 is 2.62 bits per heavy atom. The number of hydrogen-bond acceptors (Lipinski definition) is 2. The fourth-order valence-electron chi connectivity index (χ4n) is 1.46. The zero-order valence-electron chi connectivity index (χ0n) is 10.1. The van der Waals surface area contributed by atoms with Crippen molar-refractivity contribution in [2.45, 2.75) is 26.3 Å². The SMILES string of the molecule is Cc1ccccc1CC(=O)N(C)C(C)CO. The van der Waals surface area contributed by atoms with Crippen LogP contribution in [-0.4, -0.2) is 35.6 Å². The third-order valence-electron chi connectivity index (χ3n) is 2.92. The van der Waals surface area contributed by atoms with Crippen molar-refractivity contribution >= 4 is 5.91 Å². The highest BCUT2D eigenvalue weighted by atomic mass is 16.3. The number of aliphatic hydroxyl groups is 1. The third kappa shape index (κ3) is 3.07. The minimum atomic E-state index is -0.128. The molecule has 1 aromatic carbocycles. The monoisotopic (exact) mass is 221 g/mol. The van der Waals surface area contributed by atoms with Crippen LogP contribution in [0.5, 0.6) is 0 Å². The van der Waals surface area contributed by atoms with Gasteiger partial charge >= 0.3 is 0 Å². The molecule has 3 heteroatoms. The van der Waals surface area contributed by atoms with Crippen molar-refractivity contribution in [3.05, 3.63) is 35.4 Å². The molecule has 1 atom stereocenters. The van der Waals surface area contributed by atoms with Gasteiger partial charge in [0, 0.05) is 7.05 Å². The Balaban J connectivity index is 2.68. The molecule has 0 heterocycles. The van der Waals surface area contributed by atoms with E-state index in [4.69, 9.17) is 5.11 Å². The number of rotatable bonds is 4. The van der Waals surface area contributed by atoms with Gasteiger partial charge < -0.3 is 10.0 Å². The molecule has 0 fully saturated rings. The summed E-state index contributed by atoms with van der Waals surface area (Å²) in [5, 5.41) is 8.98. The second-order valence-electron chi connectivity index (χ2n) is 4.14. The van der Waals surface area contributed by atoms with Crippen molar-refractivity contribution in [3.63, 3.8) is 0 Å². The normalized spacial score (nSPS) is 12.2. The third-order valence-corrected chi connectivity index (χ3v) is 2.92. The van der Waals surface area contributed by atoms with E-state index >= 15 is 0 Å². The van der Waals surface area contributed by atoms with Crippen molar-refractivity contribution in [3.8, 4) is 0 Å². The quantitative estimate of drug-likeness (QED) is 0.834. The Labute approximate surface area is 96.7 Å². The van der Waals surface area contributed by atoms with E-state index in [1.54, 1.807) is 11.9 Å². The van der Waals surface area contributed by atoms with Crippen LogP contribution in [-0.2, 0) is 11.2 Å². The van der Waals surface area contributed by atoms with E-state index in [2.05, 4.69) is 0 Å². The molecule has 88 valence electrons. The van der Waals surface area contributed by atoms with E-state index in [9.17, 15) is 4.79 Å². The maximum atomic E-state index is 11.9. The van der Waals surface area contributed by atoms with Crippen LogP contribution in [0, 0.1) is 6.92 Å². The Bertz CT molecular complexity index is 363. The van der Waals surface area contributed by atoms with Gasteiger partial charge in [0.1, 0.15) is 0 Å². The summed E-state index contributed by atoms with van der Waals surface area (Å²) < 4.78 is 0. The molecule has 0 saturated heterocycles. The molecule has 1 amide bonds. The highest BCUT2D eigenvalue weighted by molar-refractivity contribution is 5.79. The number of hydrogen-bond donors (Lipinski definition) is 1. The van der Waals surface area contributed by atoms with Crippen molar-refractivity contribution < 1.29 is 9.90 Å². The van der Waals surface area contributed by atoms with E-state index < -0.39 is 0 Å². The van der Waals surface area contributed by atoms with Crippen LogP contribution in [0.25, 0.3) is 0 Å². The molecule has 0 aliphatic carbocycles. The lowest BCUT2D eigenvalue weighted by atomic mass is 10.1. The summed E-state index contributed by atoms with van der Waals surface area (Å²) in [5.74, 6) is 0.0378. The highest BCUT2D eigenvalue weighted by Gasteiger charge is 2.15. The topological polar surface area (TPSA) is 40.5 Å². The van der Waals surface area contributed by atoms with Crippen LogP contribution in [0.3, 0.4) is 0 Å². The summed E-state index contributed by atoms with van der Waals surface area (Å²) in [4.78, 5) is 13.5. The lowest BCUT2D eigenvalue weighted by molar-refractivity contribution is -0.131. The molecule has 3 nitrogen and oxygen atoms in total. The molecule has 0 aliphatic rings. The maximum Gasteiger partial charge on any atom is 0.227 e. The number of carbonyl (C=O) groups excluding carboxylic acids is 1. The first-order valence-corrected chi connectivity index (χ1v) is 5.47. The van der Waals surface area contributed by atoms with Gasteiger partial charge in [-0.25, -0.2) is 0 Å². The Kier molecular flexibility index (Phi) is 4.50. The number of carbonyl (C=O) groups is 1. The number of amides is 1. The zero-order valence-corrected chi connectivity index (χ0v) is 10.1. The van der Waals surface area contributed by atoms with Crippen LogP contribution >= 0.6 is 0 Å². The summed E-state index contributed by atoms with van der Waals surface area (Å²) in [6, 6.07) is 7.73. The van der Waals surface area contributed by atoms with Crippen molar-refractivity contribution in [1.29, 1.82) is 0 Å². The molecular weight excluding hydrogens is 202 g/mol. The largest absolute Gasteiger partial charge is 0.394 e. The fourth-order valence-corrected chi connectivity index (χ4v) is 1.46. The smallest absolute Gasteiger partial charge is 0.227 e. The van der Waals surface area contributed by atoms with Gasteiger partial charge in [0.2, 0.25) is 5.91 Å². The summed E-state index contributed by atoms with van der Waals surface area (Å²) in [7, 11) is 1.72. The van der Waals surface area contributed by atoms with Crippen LogP contribution in [0.2, 0.25) is 0 Å². The van der Waals surface area contributed by atoms with Crippen LogP contribution < -0.4 is 0 Å². The van der Waals surface area contributed by atoms with E-state index in [0.717, 1.165) is 11.1 Å². The first-order valence-electron chi connectivity index (χ1n) is 5.47. The van der Waals surface area contributed by atoms with Crippen molar-refractivity contribution in [1.82, 2.24) is 4.90 Å². The molecule has 1 rings (SSSR count). The number of benzene rings is 1. The molecular formula is C13H19NO2. The molecule has 0 aliphatic heterocycles. The summed E-state index contributed by atoms with van der Waals surface area (Å²) in [6.07, 6.45) is 0.396. The zero-order chi connectivity index (χ0) is 12.1. The average molecular weight is 221 g/mol. The molecule has 0 saturated carbocycles. The maximum absolute atomic E-state index is 11.9. The molecule has 16 heavy (non-hydrogen) atoms. The van der Waals surface area contributed by atoms with Crippen LogP contribution in [0.1, 0.15) is 18.1 Å². The molecule has 1 N–H and O–H groups in total. The molecule has 0 radical (unpaired) electrons. The van der Waals surface area contributed by atoms with E-state index in [-0.39, 0.29) is 18.6 Å². The summed E-state index contributed by atoms with van der Waals surface area (Å²) in [5.41, 5.74) is 2.17. The highest BCUT2D eigenvalue weighted by Crippen LogP contribution is 2.09. The lowest BCUT2D eigenvalue weighted by Gasteiger charge is -2.23. The first-order chi connectivity index (χ1) is 7.56. The van der Waals surface area contributed by atoms with E-state index in [1.165, 1.54) is 0 Å². The second-order valence-corrected chi connectivity index (χ2v) is 4.14. The van der Waals surface area contributed by atoms with Gasteiger partial charge in [-0.3, -0.25) is 4.79 Å². The van der Waals surface area contributed by atoms with Gasteiger partial charge in [-0.1, -0.05) is 24.3 Å². The minimum absolute atomic E-state index is 0.00396. The predicted molar refractivity (Wildman–Crippen MR) is 64.2 cm³/mol. The van der Waals surface area contributed by atoms with Gasteiger partial charge in [0.05, 0.1) is 19.1 Å². The first kappa shape index (κ1) is 12.7. The summed E-state index contributed by atoms with van der Waals surface area (Å²) >= 11 is 0. The standard InChI is InChI=1S/C13H19NO2/c1-10-6-4-5-7-12(10)8-13(16)14(3)11(2)9-15/h4-7,11,15H,8-9H2,1-3H3. The summed E-state index contributed by atoms with van der Waals surface area (Å²) in [6.45, 7) is 3.82. The average Bonchev–Trinajstić information content (AvgIpc) is 2.30. The number of aliphatic hydroxyl groups excluding tert-OH is 1. The number of likely N-dealkylation sites (N-methyl/N-ethyl adjacent to an activating group) is 1. The Morgan fingerprint density at radius 1 is 1.44 bits per heavy atom. The van der Waals surface area contributed by atoms with Crippen molar-refractivity contribution in [2.75, 3.05) is 13.7 Å². The van der Waals surface area contributed by atoms with Crippen molar-refractivity contribution in [2.24, 2.45) is 0 Å². The van der Waals surface area contributed by atoms with E-state index in [0.29, 0.717) is 6.42 Å². The van der Waals surface area contributed by atoms with Gasteiger partial charge in [0.15, 0.2) is 0 Å². The predicted octanol–water partition coefficient (Wildman–Crippen LogP) is 1.38. The molecule has 0 aromatic heterocycles. The minimum Gasteiger partial charge on any atom is -0.394 e. The lowest BCUT2D eigenvalue weighted by Crippen LogP contribution is -2.38. The second kappa shape index (κ2) is 5.66. The Morgan fingerprint density at radius 2 is 2.06 bits per heavy atom. The van der Waals surface area contributed by atoms with Gasteiger partial charge in [-0.05, 0) is 25.0 Å².